The fourth-order valence-electron chi connectivity index (χ4n) is 5.70. The van der Waals surface area contributed by atoms with Gasteiger partial charge in [0.1, 0.15) is 6.10 Å². The van der Waals surface area contributed by atoms with Gasteiger partial charge in [-0.25, -0.2) is 0 Å². The number of hydrogen-bond donors (Lipinski definition) is 2. The molecule has 3 aliphatic carbocycles. The maximum atomic E-state index is 12.5. The first-order valence-corrected chi connectivity index (χ1v) is 8.77. The Morgan fingerprint density at radius 2 is 1.87 bits per heavy atom. The molecule has 2 N–H and O–H groups in total. The molecular formula is C20H30O3. The highest BCUT2D eigenvalue weighted by atomic mass is 16.3. The van der Waals surface area contributed by atoms with Gasteiger partial charge >= 0.3 is 0 Å². The molecule has 6 atom stereocenters. The summed E-state index contributed by atoms with van der Waals surface area (Å²) in [4.78, 5) is 12.5. The van der Waals surface area contributed by atoms with Crippen molar-refractivity contribution < 1.29 is 15.0 Å². The molecule has 0 aliphatic heterocycles. The minimum absolute atomic E-state index is 0.0402. The van der Waals surface area contributed by atoms with Crippen LogP contribution in [0.2, 0.25) is 0 Å². The molecule has 0 bridgehead atoms. The number of carbonyl (C=O) groups excluding carboxylic acids is 1. The zero-order valence-corrected chi connectivity index (χ0v) is 14.8. The van der Waals surface area contributed by atoms with Gasteiger partial charge in [-0.15, -0.1) is 6.58 Å². The predicted molar refractivity (Wildman–Crippen MR) is 90.7 cm³/mol. The Balaban J connectivity index is 2.03. The zero-order valence-electron chi connectivity index (χ0n) is 14.8. The lowest BCUT2D eigenvalue weighted by molar-refractivity contribution is -0.163. The second kappa shape index (κ2) is 5.03. The van der Waals surface area contributed by atoms with Gasteiger partial charge in [0.2, 0.25) is 0 Å². The van der Waals surface area contributed by atoms with Crippen LogP contribution in [-0.2, 0) is 4.79 Å². The van der Waals surface area contributed by atoms with Gasteiger partial charge in [0.25, 0.3) is 0 Å². The van der Waals surface area contributed by atoms with Crippen molar-refractivity contribution in [2.75, 3.05) is 0 Å². The zero-order chi connectivity index (χ0) is 17.2. The molecule has 0 radical (unpaired) electrons. The molecule has 0 amide bonds. The van der Waals surface area contributed by atoms with E-state index in [0.717, 1.165) is 12.8 Å². The summed E-state index contributed by atoms with van der Waals surface area (Å²) >= 11 is 0. The Bertz CT molecular complexity index is 575. The Morgan fingerprint density at radius 1 is 1.22 bits per heavy atom. The highest BCUT2D eigenvalue weighted by Crippen LogP contribution is 2.62. The molecule has 0 aromatic heterocycles. The normalized spacial score (nSPS) is 49.0. The standard InChI is InChI=1S/C20H30O3/c1-6-19(4)10-12-7-8-15-18(2,3)17(23)14(21)11-20(15,5)13(12)9-16(19)22/h6-7,13,15-17,22-23H,1,8-11H2,2-5H3. The molecule has 23 heavy (non-hydrogen) atoms. The van der Waals surface area contributed by atoms with E-state index in [1.165, 1.54) is 5.57 Å². The number of ketones is 1. The Kier molecular flexibility index (Phi) is 3.70. The van der Waals surface area contributed by atoms with Crippen molar-refractivity contribution in [1.82, 2.24) is 0 Å². The topological polar surface area (TPSA) is 57.5 Å². The van der Waals surface area contributed by atoms with E-state index in [1.54, 1.807) is 0 Å². The van der Waals surface area contributed by atoms with E-state index in [2.05, 4.69) is 26.5 Å². The number of hydrogen-bond acceptors (Lipinski definition) is 3. The summed E-state index contributed by atoms with van der Waals surface area (Å²) in [6.07, 6.45) is 5.72. The predicted octanol–water partition coefficient (Wildman–Crippen LogP) is 3.26. The van der Waals surface area contributed by atoms with Gasteiger partial charge in [-0.05, 0) is 36.5 Å². The molecule has 3 nitrogen and oxygen atoms in total. The monoisotopic (exact) mass is 318 g/mol. The molecule has 0 heterocycles. The van der Waals surface area contributed by atoms with Crippen LogP contribution in [-0.4, -0.2) is 28.2 Å². The number of Topliss-reactive ketones (excluding diaryl/α,β-unsaturated/α-hetero) is 1. The lowest BCUT2D eigenvalue weighted by atomic mass is 9.45. The van der Waals surface area contributed by atoms with E-state index >= 15 is 0 Å². The molecule has 3 heteroatoms. The molecule has 0 aromatic rings. The largest absolute Gasteiger partial charge is 0.392 e. The average molecular weight is 318 g/mol. The highest BCUT2D eigenvalue weighted by molar-refractivity contribution is 5.85. The van der Waals surface area contributed by atoms with Gasteiger partial charge < -0.3 is 10.2 Å². The summed E-state index contributed by atoms with van der Waals surface area (Å²) in [6.45, 7) is 12.2. The molecule has 3 aliphatic rings. The molecule has 128 valence electrons. The quantitative estimate of drug-likeness (QED) is 0.730. The van der Waals surface area contributed by atoms with Crippen LogP contribution in [0.3, 0.4) is 0 Å². The summed E-state index contributed by atoms with van der Waals surface area (Å²) in [5.74, 6) is 0.443. The first-order chi connectivity index (χ1) is 10.6. The molecule has 0 saturated heterocycles. The van der Waals surface area contributed by atoms with Gasteiger partial charge in [-0.2, -0.15) is 0 Å². The van der Waals surface area contributed by atoms with Crippen molar-refractivity contribution in [3.63, 3.8) is 0 Å². The fourth-order valence-corrected chi connectivity index (χ4v) is 5.70. The third-order valence-corrected chi connectivity index (χ3v) is 7.39. The first-order valence-electron chi connectivity index (χ1n) is 8.77. The summed E-state index contributed by atoms with van der Waals surface area (Å²) in [5, 5.41) is 21.1. The maximum absolute atomic E-state index is 12.5. The van der Waals surface area contributed by atoms with Gasteiger partial charge in [0.05, 0.1) is 6.10 Å². The third kappa shape index (κ3) is 2.20. The van der Waals surface area contributed by atoms with E-state index in [-0.39, 0.29) is 28.4 Å². The molecule has 6 unspecified atom stereocenters. The number of fused-ring (bicyclic) bond motifs is 3. The average Bonchev–Trinajstić information content (AvgIpc) is 2.47. The van der Waals surface area contributed by atoms with Crippen molar-refractivity contribution in [2.45, 2.75) is 65.6 Å². The van der Waals surface area contributed by atoms with E-state index < -0.39 is 17.6 Å². The molecule has 0 aromatic carbocycles. The lowest BCUT2D eigenvalue weighted by Gasteiger charge is -2.60. The van der Waals surface area contributed by atoms with Crippen molar-refractivity contribution in [2.24, 2.45) is 28.1 Å². The van der Waals surface area contributed by atoms with Crippen LogP contribution < -0.4 is 0 Å². The maximum Gasteiger partial charge on any atom is 0.162 e. The second-order valence-electron chi connectivity index (χ2n) is 9.13. The Morgan fingerprint density at radius 3 is 2.48 bits per heavy atom. The highest BCUT2D eigenvalue weighted by Gasteiger charge is 2.60. The lowest BCUT2D eigenvalue weighted by Crippen LogP contribution is -2.59. The van der Waals surface area contributed by atoms with E-state index in [0.29, 0.717) is 12.8 Å². The van der Waals surface area contributed by atoms with E-state index in [4.69, 9.17) is 0 Å². The van der Waals surface area contributed by atoms with Gasteiger partial charge in [0.15, 0.2) is 5.78 Å². The molecule has 3 rings (SSSR count). The minimum atomic E-state index is -0.873. The van der Waals surface area contributed by atoms with E-state index in [9.17, 15) is 15.0 Å². The summed E-state index contributed by atoms with van der Waals surface area (Å²) in [6, 6.07) is 0. The van der Waals surface area contributed by atoms with Crippen LogP contribution in [0.4, 0.5) is 0 Å². The molecule has 2 fully saturated rings. The molecule has 0 spiro atoms. The van der Waals surface area contributed by atoms with Crippen molar-refractivity contribution in [1.29, 1.82) is 0 Å². The summed E-state index contributed by atoms with van der Waals surface area (Å²) < 4.78 is 0. The summed E-state index contributed by atoms with van der Waals surface area (Å²) in [7, 11) is 0. The first kappa shape index (κ1) is 16.9. The number of rotatable bonds is 1. The van der Waals surface area contributed by atoms with Crippen LogP contribution in [0.15, 0.2) is 24.3 Å². The van der Waals surface area contributed by atoms with E-state index in [1.807, 2.05) is 19.9 Å². The Labute approximate surface area is 139 Å². The van der Waals surface area contributed by atoms with Gasteiger partial charge in [0, 0.05) is 17.3 Å². The summed E-state index contributed by atoms with van der Waals surface area (Å²) in [5.41, 5.74) is 0.500. The van der Waals surface area contributed by atoms with Crippen LogP contribution in [0.1, 0.15) is 53.4 Å². The Hall–Kier alpha value is -0.930. The minimum Gasteiger partial charge on any atom is -0.392 e. The number of aliphatic hydroxyl groups is 2. The van der Waals surface area contributed by atoms with Gasteiger partial charge in [-0.1, -0.05) is 45.4 Å². The molecular weight excluding hydrogens is 288 g/mol. The van der Waals surface area contributed by atoms with Crippen LogP contribution in [0.25, 0.3) is 0 Å². The number of allylic oxidation sites excluding steroid dienone is 2. The fraction of sp³-hybridized carbons (Fsp3) is 0.750. The van der Waals surface area contributed by atoms with Crippen LogP contribution >= 0.6 is 0 Å². The second-order valence-corrected chi connectivity index (χ2v) is 9.13. The van der Waals surface area contributed by atoms with Crippen molar-refractivity contribution >= 4 is 5.78 Å². The SMILES string of the molecule is C=CC1(C)CC2=CCC3C(C)(C)C(O)C(=O)CC3(C)C2CC1O. The van der Waals surface area contributed by atoms with Crippen molar-refractivity contribution in [3.8, 4) is 0 Å². The van der Waals surface area contributed by atoms with Gasteiger partial charge in [-0.3, -0.25) is 4.79 Å². The van der Waals surface area contributed by atoms with Crippen LogP contribution in [0.5, 0.6) is 0 Å². The number of carbonyl (C=O) groups is 1. The number of aliphatic hydroxyl groups excluding tert-OH is 2. The third-order valence-electron chi connectivity index (χ3n) is 7.39. The molecule has 2 saturated carbocycles. The van der Waals surface area contributed by atoms with Crippen molar-refractivity contribution in [3.05, 3.63) is 24.3 Å². The smallest absolute Gasteiger partial charge is 0.162 e. The van der Waals surface area contributed by atoms with Crippen LogP contribution in [0, 0.1) is 28.1 Å².